The molecule has 0 amide bonds. The highest BCUT2D eigenvalue weighted by molar-refractivity contribution is 7.07. The van der Waals surface area contributed by atoms with Crippen molar-refractivity contribution < 1.29 is 4.74 Å². The van der Waals surface area contributed by atoms with Crippen LogP contribution in [0.15, 0.2) is 29.1 Å². The van der Waals surface area contributed by atoms with E-state index in [1.54, 1.807) is 22.9 Å². The maximum atomic E-state index is 5.94. The smallest absolute Gasteiger partial charge is 0.131 e. The highest BCUT2D eigenvalue weighted by Gasteiger charge is 2.09. The van der Waals surface area contributed by atoms with E-state index in [1.165, 1.54) is 0 Å². The molecule has 2 rings (SSSR count). The number of nitrogens with zero attached hydrogens (tertiary/aromatic N) is 1. The monoisotopic (exact) mass is 268 g/mol. The van der Waals surface area contributed by atoms with Gasteiger partial charge in [0.25, 0.3) is 0 Å². The van der Waals surface area contributed by atoms with Crippen molar-refractivity contribution in [1.29, 1.82) is 0 Å². The molecule has 1 aromatic heterocycles. The first-order valence-corrected chi connectivity index (χ1v) is 6.54. The number of aromatic nitrogens is 1. The van der Waals surface area contributed by atoms with E-state index in [-0.39, 0.29) is 6.04 Å². The normalized spacial score (nSPS) is 12.4. The van der Waals surface area contributed by atoms with E-state index in [9.17, 15) is 0 Å². The van der Waals surface area contributed by atoms with Crippen molar-refractivity contribution in [2.24, 2.45) is 5.73 Å². The topological polar surface area (TPSA) is 48.1 Å². The molecule has 0 saturated carbocycles. The SMILES string of the molecule is CC(N)c1cc(Cl)ccc1OCc1cscn1. The molecule has 0 bridgehead atoms. The van der Waals surface area contributed by atoms with Crippen LogP contribution < -0.4 is 10.5 Å². The Kier molecular flexibility index (Phi) is 3.99. The van der Waals surface area contributed by atoms with Gasteiger partial charge in [0.1, 0.15) is 12.4 Å². The third-order valence-corrected chi connectivity index (χ3v) is 3.19. The van der Waals surface area contributed by atoms with Gasteiger partial charge in [0.2, 0.25) is 0 Å². The third kappa shape index (κ3) is 3.19. The highest BCUT2D eigenvalue weighted by atomic mass is 35.5. The lowest BCUT2D eigenvalue weighted by molar-refractivity contribution is 0.297. The lowest BCUT2D eigenvalue weighted by Gasteiger charge is -2.13. The number of nitrogens with two attached hydrogens (primary N) is 1. The summed E-state index contributed by atoms with van der Waals surface area (Å²) < 4.78 is 5.70. The maximum absolute atomic E-state index is 5.94. The molecule has 0 aliphatic carbocycles. The van der Waals surface area contributed by atoms with E-state index in [1.807, 2.05) is 24.4 Å². The molecule has 5 heteroatoms. The number of hydrogen-bond donors (Lipinski definition) is 1. The van der Waals surface area contributed by atoms with Crippen molar-refractivity contribution in [2.75, 3.05) is 0 Å². The van der Waals surface area contributed by atoms with Crippen molar-refractivity contribution >= 4 is 22.9 Å². The van der Waals surface area contributed by atoms with Crippen LogP contribution in [0, 0.1) is 0 Å². The molecule has 0 aliphatic rings. The van der Waals surface area contributed by atoms with Gasteiger partial charge in [-0.15, -0.1) is 11.3 Å². The van der Waals surface area contributed by atoms with Gasteiger partial charge in [-0.2, -0.15) is 0 Å². The Bertz CT molecular complexity index is 485. The summed E-state index contributed by atoms with van der Waals surface area (Å²) >= 11 is 7.49. The summed E-state index contributed by atoms with van der Waals surface area (Å²) in [6, 6.07) is 5.36. The van der Waals surface area contributed by atoms with Crippen LogP contribution in [0.5, 0.6) is 5.75 Å². The summed E-state index contributed by atoms with van der Waals surface area (Å²) in [7, 11) is 0. The van der Waals surface area contributed by atoms with Crippen LogP contribution in [0.4, 0.5) is 0 Å². The summed E-state index contributed by atoms with van der Waals surface area (Å²) in [4.78, 5) is 4.16. The summed E-state index contributed by atoms with van der Waals surface area (Å²) in [6.45, 7) is 2.35. The van der Waals surface area contributed by atoms with Gasteiger partial charge in [0.15, 0.2) is 0 Å². The van der Waals surface area contributed by atoms with Crippen molar-refractivity contribution in [2.45, 2.75) is 19.6 Å². The van der Waals surface area contributed by atoms with Crippen molar-refractivity contribution in [3.63, 3.8) is 0 Å². The van der Waals surface area contributed by atoms with E-state index in [0.29, 0.717) is 11.6 Å². The number of ether oxygens (including phenoxy) is 1. The first-order valence-electron chi connectivity index (χ1n) is 5.21. The van der Waals surface area contributed by atoms with E-state index in [4.69, 9.17) is 22.1 Å². The van der Waals surface area contributed by atoms with Crippen LogP contribution in [-0.4, -0.2) is 4.98 Å². The molecular weight excluding hydrogens is 256 g/mol. The highest BCUT2D eigenvalue weighted by Crippen LogP contribution is 2.27. The van der Waals surface area contributed by atoms with Gasteiger partial charge < -0.3 is 10.5 Å². The number of thiazole rings is 1. The fourth-order valence-electron chi connectivity index (χ4n) is 1.47. The lowest BCUT2D eigenvalue weighted by Crippen LogP contribution is -2.08. The molecule has 2 aromatic rings. The fraction of sp³-hybridized carbons (Fsp3) is 0.250. The molecule has 17 heavy (non-hydrogen) atoms. The van der Waals surface area contributed by atoms with E-state index in [2.05, 4.69) is 4.98 Å². The second-order valence-corrected chi connectivity index (χ2v) is 4.89. The molecular formula is C12H13ClN2OS. The lowest BCUT2D eigenvalue weighted by atomic mass is 10.1. The Balaban J connectivity index is 2.14. The quantitative estimate of drug-likeness (QED) is 0.925. The van der Waals surface area contributed by atoms with E-state index < -0.39 is 0 Å². The van der Waals surface area contributed by atoms with Crippen molar-refractivity contribution in [1.82, 2.24) is 4.98 Å². The summed E-state index contributed by atoms with van der Waals surface area (Å²) in [5.41, 5.74) is 9.49. The summed E-state index contributed by atoms with van der Waals surface area (Å²) in [6.07, 6.45) is 0. The van der Waals surface area contributed by atoms with E-state index >= 15 is 0 Å². The van der Waals surface area contributed by atoms with Crippen molar-refractivity contribution in [3.8, 4) is 5.75 Å². The van der Waals surface area contributed by atoms with Gasteiger partial charge >= 0.3 is 0 Å². The number of halogens is 1. The zero-order valence-corrected chi connectivity index (χ0v) is 11.0. The molecule has 1 unspecified atom stereocenters. The van der Waals surface area contributed by atoms with Gasteiger partial charge in [-0.05, 0) is 25.1 Å². The molecule has 90 valence electrons. The molecule has 0 saturated heterocycles. The molecule has 0 radical (unpaired) electrons. The minimum absolute atomic E-state index is 0.112. The van der Waals surface area contributed by atoms with Crippen molar-refractivity contribution in [3.05, 3.63) is 45.4 Å². The van der Waals surface area contributed by atoms with Gasteiger partial charge in [-0.3, -0.25) is 0 Å². The molecule has 0 aliphatic heterocycles. The zero-order valence-electron chi connectivity index (χ0n) is 9.39. The second kappa shape index (κ2) is 5.49. The van der Waals surface area contributed by atoms with Crippen LogP contribution in [0.25, 0.3) is 0 Å². The van der Waals surface area contributed by atoms with Crippen LogP contribution in [0.2, 0.25) is 5.02 Å². The largest absolute Gasteiger partial charge is 0.487 e. The Hall–Kier alpha value is -1.10. The van der Waals surface area contributed by atoms with Crippen LogP contribution in [-0.2, 0) is 6.61 Å². The number of rotatable bonds is 4. The molecule has 0 spiro atoms. The molecule has 1 aromatic carbocycles. The molecule has 2 N–H and O–H groups in total. The Morgan fingerprint density at radius 3 is 3.00 bits per heavy atom. The average Bonchev–Trinajstić information content (AvgIpc) is 2.80. The molecule has 3 nitrogen and oxygen atoms in total. The standard InChI is InChI=1S/C12H13ClN2OS/c1-8(14)11-4-9(13)2-3-12(11)16-5-10-6-17-7-15-10/h2-4,6-8H,5,14H2,1H3. The number of benzene rings is 1. The summed E-state index contributed by atoms with van der Waals surface area (Å²) in [5.74, 6) is 0.761. The summed E-state index contributed by atoms with van der Waals surface area (Å²) in [5, 5.41) is 2.62. The predicted octanol–water partition coefficient (Wildman–Crippen LogP) is 3.40. The minimum atomic E-state index is -0.112. The van der Waals surface area contributed by atoms with Gasteiger partial charge in [0, 0.05) is 22.0 Å². The van der Waals surface area contributed by atoms with Gasteiger partial charge in [-0.25, -0.2) is 4.98 Å². The maximum Gasteiger partial charge on any atom is 0.131 e. The molecule has 0 fully saturated rings. The Morgan fingerprint density at radius 2 is 2.35 bits per heavy atom. The van der Waals surface area contributed by atoms with Crippen LogP contribution >= 0.6 is 22.9 Å². The van der Waals surface area contributed by atoms with Crippen LogP contribution in [0.1, 0.15) is 24.2 Å². The van der Waals surface area contributed by atoms with E-state index in [0.717, 1.165) is 17.0 Å². The zero-order chi connectivity index (χ0) is 12.3. The van der Waals surface area contributed by atoms with Gasteiger partial charge in [0.05, 0.1) is 11.2 Å². The average molecular weight is 269 g/mol. The minimum Gasteiger partial charge on any atom is -0.487 e. The predicted molar refractivity (Wildman–Crippen MR) is 70.5 cm³/mol. The number of hydrogen-bond acceptors (Lipinski definition) is 4. The first kappa shape index (κ1) is 12.4. The molecule has 1 atom stereocenters. The Labute approximate surface area is 109 Å². The van der Waals surface area contributed by atoms with Gasteiger partial charge in [-0.1, -0.05) is 11.6 Å². The Morgan fingerprint density at radius 1 is 1.53 bits per heavy atom. The molecule has 1 heterocycles. The second-order valence-electron chi connectivity index (χ2n) is 3.74. The first-order chi connectivity index (χ1) is 8.16. The fourth-order valence-corrected chi connectivity index (χ4v) is 2.19. The van der Waals surface area contributed by atoms with Crippen LogP contribution in [0.3, 0.4) is 0 Å². The third-order valence-electron chi connectivity index (χ3n) is 2.32.